The van der Waals surface area contributed by atoms with Gasteiger partial charge in [-0.3, -0.25) is 9.69 Å². The molecule has 8 nitrogen and oxygen atoms in total. The third kappa shape index (κ3) is 4.15. The zero-order chi connectivity index (χ0) is 21.4. The van der Waals surface area contributed by atoms with E-state index in [-0.39, 0.29) is 12.1 Å². The molecule has 0 unspecified atom stereocenters. The van der Waals surface area contributed by atoms with Gasteiger partial charge in [0.15, 0.2) is 5.82 Å². The van der Waals surface area contributed by atoms with Crippen molar-refractivity contribution < 1.29 is 4.52 Å². The summed E-state index contributed by atoms with van der Waals surface area (Å²) in [7, 11) is 0. The molecule has 4 aromatic rings. The SMILES string of the molecule is Cc1ccc(-c2cc3c(=O)n(Cc4noc(CN5CCSCC5)n4)ccn3n2)c(C)c1. The van der Waals surface area contributed by atoms with Gasteiger partial charge in [-0.05, 0) is 25.5 Å². The van der Waals surface area contributed by atoms with E-state index in [4.69, 9.17) is 4.52 Å². The number of benzene rings is 1. The van der Waals surface area contributed by atoms with Crippen LogP contribution in [0, 0.1) is 13.8 Å². The van der Waals surface area contributed by atoms with Crippen molar-refractivity contribution in [1.82, 2.24) is 29.2 Å². The van der Waals surface area contributed by atoms with E-state index in [1.807, 2.05) is 23.9 Å². The molecule has 0 N–H and O–H groups in total. The molecule has 0 amide bonds. The molecule has 0 bridgehead atoms. The molecule has 1 saturated heterocycles. The van der Waals surface area contributed by atoms with E-state index >= 15 is 0 Å². The molecular weight excluding hydrogens is 412 g/mol. The van der Waals surface area contributed by atoms with Crippen molar-refractivity contribution in [2.24, 2.45) is 0 Å². The monoisotopic (exact) mass is 436 g/mol. The lowest BCUT2D eigenvalue weighted by Crippen LogP contribution is -2.32. The molecular formula is C22H24N6O2S. The Hall–Kier alpha value is -2.91. The van der Waals surface area contributed by atoms with Gasteiger partial charge in [-0.15, -0.1) is 0 Å². The molecule has 1 aromatic carbocycles. The van der Waals surface area contributed by atoms with Gasteiger partial charge < -0.3 is 9.09 Å². The molecule has 0 spiro atoms. The fourth-order valence-corrected chi connectivity index (χ4v) is 4.88. The zero-order valence-corrected chi connectivity index (χ0v) is 18.4. The predicted octanol–water partition coefficient (Wildman–Crippen LogP) is 2.76. The van der Waals surface area contributed by atoms with Crippen LogP contribution in [0.15, 0.2) is 46.0 Å². The number of rotatable bonds is 5. The van der Waals surface area contributed by atoms with Crippen molar-refractivity contribution in [3.05, 3.63) is 69.9 Å². The fraction of sp³-hybridized carbons (Fsp3) is 0.364. The van der Waals surface area contributed by atoms with E-state index in [0.29, 0.717) is 23.8 Å². The van der Waals surface area contributed by atoms with Gasteiger partial charge in [0.25, 0.3) is 5.56 Å². The molecule has 0 aliphatic carbocycles. The molecule has 0 saturated carbocycles. The Morgan fingerprint density at radius 2 is 1.94 bits per heavy atom. The third-order valence-corrected chi connectivity index (χ3v) is 6.49. The van der Waals surface area contributed by atoms with Crippen LogP contribution in [-0.2, 0) is 13.1 Å². The van der Waals surface area contributed by atoms with Gasteiger partial charge in [-0.2, -0.15) is 21.8 Å². The largest absolute Gasteiger partial charge is 0.338 e. The highest BCUT2D eigenvalue weighted by atomic mass is 32.2. The van der Waals surface area contributed by atoms with Crippen molar-refractivity contribution in [2.75, 3.05) is 24.6 Å². The maximum absolute atomic E-state index is 13.0. The molecule has 4 heterocycles. The van der Waals surface area contributed by atoms with E-state index in [1.54, 1.807) is 21.5 Å². The molecule has 31 heavy (non-hydrogen) atoms. The van der Waals surface area contributed by atoms with Gasteiger partial charge in [0.2, 0.25) is 5.89 Å². The highest BCUT2D eigenvalue weighted by Crippen LogP contribution is 2.23. The summed E-state index contributed by atoms with van der Waals surface area (Å²) in [5, 5.41) is 8.67. The smallest absolute Gasteiger partial charge is 0.277 e. The zero-order valence-electron chi connectivity index (χ0n) is 17.6. The molecule has 1 aliphatic heterocycles. The summed E-state index contributed by atoms with van der Waals surface area (Å²) in [6, 6.07) is 8.06. The Labute approximate surface area is 183 Å². The lowest BCUT2D eigenvalue weighted by molar-refractivity contribution is 0.245. The summed E-state index contributed by atoms with van der Waals surface area (Å²) in [5.41, 5.74) is 4.53. The van der Waals surface area contributed by atoms with Gasteiger partial charge in [0.1, 0.15) is 5.52 Å². The van der Waals surface area contributed by atoms with Crippen LogP contribution >= 0.6 is 11.8 Å². The number of hydrogen-bond donors (Lipinski definition) is 0. The molecule has 9 heteroatoms. The van der Waals surface area contributed by atoms with E-state index < -0.39 is 0 Å². The van der Waals surface area contributed by atoms with E-state index in [2.05, 4.69) is 46.1 Å². The predicted molar refractivity (Wildman–Crippen MR) is 120 cm³/mol. The summed E-state index contributed by atoms with van der Waals surface area (Å²) in [5.74, 6) is 3.36. The van der Waals surface area contributed by atoms with Gasteiger partial charge in [-0.25, -0.2) is 4.52 Å². The van der Waals surface area contributed by atoms with E-state index in [1.165, 1.54) is 5.56 Å². The van der Waals surface area contributed by atoms with Crippen molar-refractivity contribution in [1.29, 1.82) is 0 Å². The minimum absolute atomic E-state index is 0.134. The Bertz CT molecular complexity index is 1280. The second kappa shape index (κ2) is 8.32. The van der Waals surface area contributed by atoms with Gasteiger partial charge in [0, 0.05) is 42.6 Å². The molecule has 1 fully saturated rings. The second-order valence-corrected chi connectivity index (χ2v) is 9.13. The first kappa shape index (κ1) is 20.0. The van der Waals surface area contributed by atoms with Gasteiger partial charge in [0.05, 0.1) is 18.8 Å². The highest BCUT2D eigenvalue weighted by Gasteiger charge is 2.16. The molecule has 160 valence electrons. The van der Waals surface area contributed by atoms with Crippen molar-refractivity contribution in [2.45, 2.75) is 26.9 Å². The Morgan fingerprint density at radius 1 is 1.10 bits per heavy atom. The van der Waals surface area contributed by atoms with Crippen LogP contribution in [0.3, 0.4) is 0 Å². The third-order valence-electron chi connectivity index (χ3n) is 5.55. The number of aryl methyl sites for hydroxylation is 2. The first-order valence-corrected chi connectivity index (χ1v) is 11.5. The summed E-state index contributed by atoms with van der Waals surface area (Å²) in [6.45, 7) is 7.10. The standard InChI is InChI=1S/C22H24N6O2S/c1-15-3-4-17(16(2)11-15)18-12-19-22(29)27(5-6-28(19)24-18)13-20-23-21(30-25-20)14-26-7-9-31-10-8-26/h3-6,11-12H,7-10,13-14H2,1-2H3. The van der Waals surface area contributed by atoms with E-state index in [9.17, 15) is 4.79 Å². The van der Waals surface area contributed by atoms with Gasteiger partial charge in [-0.1, -0.05) is 28.9 Å². The Balaban J connectivity index is 1.38. The second-order valence-electron chi connectivity index (χ2n) is 7.90. The average Bonchev–Trinajstić information content (AvgIpc) is 3.38. The summed E-state index contributed by atoms with van der Waals surface area (Å²) in [4.78, 5) is 19.8. The van der Waals surface area contributed by atoms with Gasteiger partial charge >= 0.3 is 0 Å². The van der Waals surface area contributed by atoms with E-state index in [0.717, 1.165) is 41.4 Å². The normalized spacial score (nSPS) is 15.0. The molecule has 5 rings (SSSR count). The number of thioether (sulfide) groups is 1. The first-order valence-electron chi connectivity index (χ1n) is 10.3. The minimum Gasteiger partial charge on any atom is -0.338 e. The molecule has 0 atom stereocenters. The van der Waals surface area contributed by atoms with Crippen LogP contribution in [0.25, 0.3) is 16.8 Å². The number of aromatic nitrogens is 5. The lowest BCUT2D eigenvalue weighted by Gasteiger charge is -2.24. The Kier molecular flexibility index (Phi) is 5.37. The van der Waals surface area contributed by atoms with Crippen LogP contribution in [0.2, 0.25) is 0 Å². The minimum atomic E-state index is -0.134. The van der Waals surface area contributed by atoms with Crippen LogP contribution < -0.4 is 5.56 Å². The van der Waals surface area contributed by atoms with Crippen molar-refractivity contribution in [3.8, 4) is 11.3 Å². The molecule has 0 radical (unpaired) electrons. The summed E-state index contributed by atoms with van der Waals surface area (Å²) >= 11 is 1.97. The average molecular weight is 437 g/mol. The fourth-order valence-electron chi connectivity index (χ4n) is 3.90. The summed E-state index contributed by atoms with van der Waals surface area (Å²) < 4.78 is 8.63. The number of nitrogens with zero attached hydrogens (tertiary/aromatic N) is 6. The molecule has 1 aliphatic rings. The maximum Gasteiger partial charge on any atom is 0.277 e. The number of hydrogen-bond acceptors (Lipinski definition) is 7. The first-order chi connectivity index (χ1) is 15.1. The van der Waals surface area contributed by atoms with Crippen molar-refractivity contribution >= 4 is 17.3 Å². The van der Waals surface area contributed by atoms with Crippen LogP contribution in [-0.4, -0.2) is 53.8 Å². The van der Waals surface area contributed by atoms with Crippen LogP contribution in [0.1, 0.15) is 22.8 Å². The summed E-state index contributed by atoms with van der Waals surface area (Å²) in [6.07, 6.45) is 3.50. The maximum atomic E-state index is 13.0. The Morgan fingerprint density at radius 3 is 2.74 bits per heavy atom. The lowest BCUT2D eigenvalue weighted by atomic mass is 10.0. The number of fused-ring (bicyclic) bond motifs is 1. The topological polar surface area (TPSA) is 81.5 Å². The molecule has 3 aromatic heterocycles. The van der Waals surface area contributed by atoms with Crippen LogP contribution in [0.5, 0.6) is 0 Å². The van der Waals surface area contributed by atoms with Crippen molar-refractivity contribution in [3.63, 3.8) is 0 Å². The highest BCUT2D eigenvalue weighted by molar-refractivity contribution is 7.99. The van der Waals surface area contributed by atoms with Crippen LogP contribution in [0.4, 0.5) is 0 Å². The quantitative estimate of drug-likeness (QED) is 0.476.